The molecule has 6 nitrogen and oxygen atoms in total. The average Bonchev–Trinajstić information content (AvgIpc) is 3.63. The molecule has 1 aliphatic rings. The summed E-state index contributed by atoms with van der Waals surface area (Å²) in [6, 6.07) is 39.2. The number of pyridine rings is 1. The molecule has 0 N–H and O–H groups in total. The van der Waals surface area contributed by atoms with Crippen LogP contribution in [0.1, 0.15) is 0 Å². The summed E-state index contributed by atoms with van der Waals surface area (Å²) in [5.74, 6) is 2.84. The van der Waals surface area contributed by atoms with Gasteiger partial charge in [-0.15, -0.1) is 48.1 Å². The van der Waals surface area contributed by atoms with Crippen molar-refractivity contribution in [3.63, 3.8) is 0 Å². The van der Waals surface area contributed by atoms with Crippen LogP contribution in [-0.4, -0.2) is 16.6 Å². The number of fused-ring (bicyclic) bond motifs is 6. The van der Waals surface area contributed by atoms with Gasteiger partial charge < -0.3 is 23.5 Å². The summed E-state index contributed by atoms with van der Waals surface area (Å²) >= 11 is 0. The van der Waals surface area contributed by atoms with Gasteiger partial charge in [-0.2, -0.15) is 12.1 Å². The van der Waals surface area contributed by atoms with Crippen molar-refractivity contribution in [1.29, 1.82) is 0 Å². The second kappa shape index (κ2) is 9.58. The van der Waals surface area contributed by atoms with E-state index in [4.69, 9.17) is 9.15 Å². The number of ether oxygens (including phenoxy) is 1. The quantitative estimate of drug-likeness (QED) is 0.174. The zero-order valence-electron chi connectivity index (χ0n) is 21.3. The van der Waals surface area contributed by atoms with Crippen LogP contribution in [0.15, 0.2) is 108 Å². The van der Waals surface area contributed by atoms with Crippen molar-refractivity contribution in [2.75, 3.05) is 16.8 Å². The van der Waals surface area contributed by atoms with E-state index in [0.717, 1.165) is 55.9 Å². The van der Waals surface area contributed by atoms with Crippen LogP contribution in [0.2, 0.25) is 0 Å². The van der Waals surface area contributed by atoms with Crippen molar-refractivity contribution in [3.8, 4) is 17.3 Å². The molecule has 0 saturated heterocycles. The molecule has 0 aliphatic carbocycles. The van der Waals surface area contributed by atoms with Crippen LogP contribution >= 0.6 is 0 Å². The maximum Gasteiger partial charge on any atom is 0.190 e. The van der Waals surface area contributed by atoms with Gasteiger partial charge in [0.15, 0.2) is 5.88 Å². The molecular formula is C33H21N4O2Pt-3. The Hall–Kier alpha value is -4.54. The molecule has 0 spiro atoms. The van der Waals surface area contributed by atoms with Gasteiger partial charge in [0.05, 0.1) is 5.69 Å². The summed E-state index contributed by atoms with van der Waals surface area (Å²) in [6.07, 6.45) is 1.80. The van der Waals surface area contributed by atoms with Gasteiger partial charge in [0.1, 0.15) is 11.4 Å². The molecule has 4 aromatic carbocycles. The SMILES string of the molecule is CN1[CH-]N(c2[c-]c(Oc3[c-]c4c(cc3)c3ccccc3n4-c3ccccn3)ccc2)c2c1oc1ccccc21.[Pt]. The Morgan fingerprint density at radius 1 is 0.775 bits per heavy atom. The summed E-state index contributed by atoms with van der Waals surface area (Å²) in [5.41, 5.74) is 4.69. The van der Waals surface area contributed by atoms with E-state index in [9.17, 15) is 0 Å². The normalized spacial score (nSPS) is 12.7. The van der Waals surface area contributed by atoms with Crippen molar-refractivity contribution in [2.45, 2.75) is 0 Å². The number of furan rings is 1. The van der Waals surface area contributed by atoms with Crippen LogP contribution in [-0.2, 0) is 21.1 Å². The second-order valence-corrected chi connectivity index (χ2v) is 9.48. The molecule has 0 radical (unpaired) electrons. The summed E-state index contributed by atoms with van der Waals surface area (Å²) in [4.78, 5) is 8.67. The van der Waals surface area contributed by atoms with Crippen LogP contribution in [0.4, 0.5) is 17.3 Å². The van der Waals surface area contributed by atoms with Crippen LogP contribution in [0.3, 0.4) is 0 Å². The predicted octanol–water partition coefficient (Wildman–Crippen LogP) is 8.02. The molecule has 1 aliphatic heterocycles. The number of hydrogen-bond acceptors (Lipinski definition) is 5. The van der Waals surface area contributed by atoms with Gasteiger partial charge in [0.2, 0.25) is 0 Å². The molecule has 3 aromatic heterocycles. The Balaban J connectivity index is 0.00000264. The van der Waals surface area contributed by atoms with Crippen LogP contribution in [0.25, 0.3) is 38.6 Å². The first kappa shape index (κ1) is 24.5. The van der Waals surface area contributed by atoms with Gasteiger partial charge in [-0.3, -0.25) is 0 Å². The van der Waals surface area contributed by atoms with Crippen molar-refractivity contribution in [2.24, 2.45) is 0 Å². The maximum absolute atomic E-state index is 6.33. The molecular weight excluding hydrogens is 679 g/mol. The first-order chi connectivity index (χ1) is 19.2. The van der Waals surface area contributed by atoms with E-state index >= 15 is 0 Å². The number of para-hydroxylation sites is 2. The number of rotatable bonds is 4. The third-order valence-electron chi connectivity index (χ3n) is 7.07. The summed E-state index contributed by atoms with van der Waals surface area (Å²) in [6.45, 7) is 2.00. The molecule has 0 amide bonds. The summed E-state index contributed by atoms with van der Waals surface area (Å²) in [7, 11) is 1.98. The van der Waals surface area contributed by atoms with E-state index in [-0.39, 0.29) is 21.1 Å². The molecule has 40 heavy (non-hydrogen) atoms. The van der Waals surface area contributed by atoms with Crippen molar-refractivity contribution in [3.05, 3.63) is 122 Å². The number of hydrogen-bond donors (Lipinski definition) is 0. The molecule has 7 heteroatoms. The van der Waals surface area contributed by atoms with Crippen LogP contribution < -0.4 is 14.5 Å². The predicted molar refractivity (Wildman–Crippen MR) is 154 cm³/mol. The Morgan fingerprint density at radius 2 is 1.57 bits per heavy atom. The fraction of sp³-hybridized carbons (Fsp3) is 0.0303. The topological polar surface area (TPSA) is 46.7 Å². The molecule has 0 fully saturated rings. The number of benzene rings is 4. The number of aromatic nitrogens is 2. The van der Waals surface area contributed by atoms with E-state index in [0.29, 0.717) is 11.5 Å². The standard InChI is InChI=1S/C33H21N4O2.Pt/c1-35-21-36(32-27-12-3-5-14-30(27)39-33(32)35)22-9-8-10-23(19-22)38-24-16-17-26-25-11-2-4-13-28(25)37(29(26)20-24)31-15-6-7-18-34-31;/h2-18,21H,1H3;/q-3;. The molecule has 7 aromatic rings. The zero-order valence-corrected chi connectivity index (χ0v) is 23.6. The summed E-state index contributed by atoms with van der Waals surface area (Å²) < 4.78 is 14.6. The first-order valence-corrected chi connectivity index (χ1v) is 12.7. The number of anilines is 3. The van der Waals surface area contributed by atoms with Gasteiger partial charge in [-0.25, -0.2) is 4.98 Å². The van der Waals surface area contributed by atoms with Gasteiger partial charge in [-0.1, -0.05) is 41.9 Å². The smallest absolute Gasteiger partial charge is 0.190 e. The first-order valence-electron chi connectivity index (χ1n) is 12.7. The average molecular weight is 701 g/mol. The maximum atomic E-state index is 6.33. The molecule has 0 saturated carbocycles. The number of nitrogens with zero attached hydrogens (tertiary/aromatic N) is 4. The second-order valence-electron chi connectivity index (χ2n) is 9.48. The Labute approximate surface area is 245 Å². The fourth-order valence-electron chi connectivity index (χ4n) is 5.37. The zero-order chi connectivity index (χ0) is 25.9. The van der Waals surface area contributed by atoms with Gasteiger partial charge in [0, 0.05) is 49.7 Å². The minimum atomic E-state index is 0. The van der Waals surface area contributed by atoms with E-state index in [1.807, 2.05) is 85.3 Å². The molecule has 8 rings (SSSR count). The van der Waals surface area contributed by atoms with E-state index in [1.54, 1.807) is 6.20 Å². The molecule has 0 bridgehead atoms. The van der Waals surface area contributed by atoms with E-state index in [1.165, 1.54) is 0 Å². The minimum absolute atomic E-state index is 0. The van der Waals surface area contributed by atoms with Gasteiger partial charge in [0.25, 0.3) is 0 Å². The Morgan fingerprint density at radius 3 is 2.45 bits per heavy atom. The van der Waals surface area contributed by atoms with E-state index in [2.05, 4.69) is 56.9 Å². The fourth-order valence-corrected chi connectivity index (χ4v) is 5.37. The third kappa shape index (κ3) is 3.79. The Bertz CT molecular complexity index is 2010. The minimum Gasteiger partial charge on any atom is -0.509 e. The van der Waals surface area contributed by atoms with Crippen LogP contribution in [0, 0.1) is 18.8 Å². The van der Waals surface area contributed by atoms with Gasteiger partial charge >= 0.3 is 0 Å². The molecule has 4 heterocycles. The monoisotopic (exact) mass is 700 g/mol. The summed E-state index contributed by atoms with van der Waals surface area (Å²) in [5, 5.41) is 3.29. The van der Waals surface area contributed by atoms with E-state index < -0.39 is 0 Å². The van der Waals surface area contributed by atoms with Gasteiger partial charge in [-0.05, 0) is 42.8 Å². The molecule has 198 valence electrons. The van der Waals surface area contributed by atoms with Crippen molar-refractivity contribution in [1.82, 2.24) is 9.55 Å². The largest absolute Gasteiger partial charge is 0.509 e. The Kier molecular flexibility index (Phi) is 5.87. The molecule has 0 unspecified atom stereocenters. The van der Waals surface area contributed by atoms with Crippen molar-refractivity contribution < 1.29 is 30.2 Å². The molecule has 0 atom stereocenters. The van der Waals surface area contributed by atoms with Crippen molar-refractivity contribution >= 4 is 50.0 Å². The third-order valence-corrected chi connectivity index (χ3v) is 7.07. The van der Waals surface area contributed by atoms with Crippen LogP contribution in [0.5, 0.6) is 11.5 Å².